The molecule has 0 fully saturated rings. The molecule has 0 radical (unpaired) electrons. The molecule has 0 aliphatic rings. The Morgan fingerprint density at radius 3 is 2.37 bits per heavy atom. The zero-order chi connectivity index (χ0) is 18.8. The van der Waals surface area contributed by atoms with Gasteiger partial charge >= 0.3 is 0 Å². The van der Waals surface area contributed by atoms with E-state index in [1.165, 1.54) is 0 Å². The van der Waals surface area contributed by atoms with Gasteiger partial charge in [0.15, 0.2) is 0 Å². The molecule has 0 saturated heterocycles. The summed E-state index contributed by atoms with van der Waals surface area (Å²) in [7, 11) is 0. The molecule has 3 aromatic carbocycles. The highest BCUT2D eigenvalue weighted by molar-refractivity contribution is 5.95. The Morgan fingerprint density at radius 2 is 1.63 bits per heavy atom. The Hall–Kier alpha value is -3.47. The Labute approximate surface area is 154 Å². The van der Waals surface area contributed by atoms with E-state index in [1.54, 1.807) is 0 Å². The minimum atomic E-state index is -0.913. The first-order valence-electron chi connectivity index (χ1n) is 8.41. The summed E-state index contributed by atoms with van der Waals surface area (Å²) in [5.41, 5.74) is 1.25. The van der Waals surface area contributed by atoms with Gasteiger partial charge in [0.1, 0.15) is 29.0 Å². The van der Waals surface area contributed by atoms with Crippen molar-refractivity contribution >= 4 is 16.9 Å². The van der Waals surface area contributed by atoms with Crippen LogP contribution in [-0.4, -0.2) is 5.91 Å². The van der Waals surface area contributed by atoms with Gasteiger partial charge in [-0.15, -0.1) is 0 Å². The number of halogens is 2. The zero-order valence-electron chi connectivity index (χ0n) is 14.2. The number of amides is 1. The predicted octanol–water partition coefficient (Wildman–Crippen LogP) is 5.23. The standard InChI is InChI=1S/C22H15F2NO2/c23-16-10-11-17(18(24)13-16)22(26)25-21(14-6-2-1-3-7-14)20-12-15-8-4-5-9-19(15)27-20/h1-13,21H,(H,25,26)/t21-/m0/s1. The SMILES string of the molecule is O=C(N[C@@H](c1ccccc1)c1cc2ccccc2o1)c1ccc(F)cc1F. The summed E-state index contributed by atoms with van der Waals surface area (Å²) in [6.07, 6.45) is 0. The Bertz CT molecular complexity index is 1070. The maximum absolute atomic E-state index is 14.0. The van der Waals surface area contributed by atoms with Gasteiger partial charge in [-0.1, -0.05) is 48.5 Å². The monoisotopic (exact) mass is 363 g/mol. The van der Waals surface area contributed by atoms with Crippen molar-refractivity contribution in [3.8, 4) is 0 Å². The topological polar surface area (TPSA) is 42.2 Å². The third kappa shape index (κ3) is 3.44. The first-order valence-corrected chi connectivity index (χ1v) is 8.41. The Balaban J connectivity index is 1.73. The molecule has 5 heteroatoms. The third-order valence-corrected chi connectivity index (χ3v) is 4.31. The fourth-order valence-electron chi connectivity index (χ4n) is 2.99. The highest BCUT2D eigenvalue weighted by Crippen LogP contribution is 2.28. The third-order valence-electron chi connectivity index (χ3n) is 4.31. The molecule has 0 saturated carbocycles. The van der Waals surface area contributed by atoms with Crippen LogP contribution in [0.5, 0.6) is 0 Å². The van der Waals surface area contributed by atoms with Crippen LogP contribution in [0, 0.1) is 11.6 Å². The van der Waals surface area contributed by atoms with Crippen LogP contribution in [0.15, 0.2) is 83.3 Å². The number of carbonyl (C=O) groups is 1. The molecule has 0 spiro atoms. The molecule has 0 unspecified atom stereocenters. The fraction of sp³-hybridized carbons (Fsp3) is 0.0455. The molecule has 0 bridgehead atoms. The van der Waals surface area contributed by atoms with Crippen molar-refractivity contribution in [1.29, 1.82) is 0 Å². The van der Waals surface area contributed by atoms with E-state index in [1.807, 2.05) is 60.7 Å². The van der Waals surface area contributed by atoms with Gasteiger partial charge in [-0.2, -0.15) is 0 Å². The molecule has 27 heavy (non-hydrogen) atoms. The highest BCUT2D eigenvalue weighted by atomic mass is 19.1. The minimum absolute atomic E-state index is 0.228. The van der Waals surface area contributed by atoms with Gasteiger partial charge in [-0.3, -0.25) is 4.79 Å². The Morgan fingerprint density at radius 1 is 0.889 bits per heavy atom. The molecule has 4 aromatic rings. The van der Waals surface area contributed by atoms with E-state index in [0.717, 1.165) is 23.1 Å². The van der Waals surface area contributed by atoms with Gasteiger partial charge in [0.05, 0.1) is 5.56 Å². The molecule has 0 aliphatic carbocycles. The van der Waals surface area contributed by atoms with Crippen molar-refractivity contribution in [2.75, 3.05) is 0 Å². The van der Waals surface area contributed by atoms with Crippen LogP contribution in [0.1, 0.15) is 27.7 Å². The lowest BCUT2D eigenvalue weighted by Gasteiger charge is -2.17. The van der Waals surface area contributed by atoms with E-state index >= 15 is 0 Å². The summed E-state index contributed by atoms with van der Waals surface area (Å²) in [6, 6.07) is 20.8. The fourth-order valence-corrected chi connectivity index (χ4v) is 2.99. The number of carbonyl (C=O) groups excluding carboxylic acids is 1. The van der Waals surface area contributed by atoms with Crippen LogP contribution in [0.25, 0.3) is 11.0 Å². The number of rotatable bonds is 4. The van der Waals surface area contributed by atoms with Gasteiger partial charge in [-0.05, 0) is 29.8 Å². The molecule has 3 nitrogen and oxygen atoms in total. The lowest BCUT2D eigenvalue weighted by molar-refractivity contribution is 0.0935. The average molecular weight is 363 g/mol. The van der Waals surface area contributed by atoms with Crippen molar-refractivity contribution in [2.24, 2.45) is 0 Å². The highest BCUT2D eigenvalue weighted by Gasteiger charge is 2.23. The van der Waals surface area contributed by atoms with E-state index in [4.69, 9.17) is 4.42 Å². The maximum atomic E-state index is 14.0. The second-order valence-corrected chi connectivity index (χ2v) is 6.13. The van der Waals surface area contributed by atoms with Gasteiger partial charge < -0.3 is 9.73 Å². The number of para-hydroxylation sites is 1. The first kappa shape index (κ1) is 17.0. The van der Waals surface area contributed by atoms with Crippen LogP contribution in [0.2, 0.25) is 0 Å². The van der Waals surface area contributed by atoms with E-state index < -0.39 is 23.6 Å². The number of furan rings is 1. The van der Waals surface area contributed by atoms with Crippen LogP contribution in [0.4, 0.5) is 8.78 Å². The van der Waals surface area contributed by atoms with E-state index in [9.17, 15) is 13.6 Å². The van der Waals surface area contributed by atoms with Crippen LogP contribution in [-0.2, 0) is 0 Å². The molecule has 1 amide bonds. The largest absolute Gasteiger partial charge is 0.459 e. The number of hydrogen-bond acceptors (Lipinski definition) is 2. The van der Waals surface area contributed by atoms with Crippen LogP contribution >= 0.6 is 0 Å². The summed E-state index contributed by atoms with van der Waals surface area (Å²) in [6.45, 7) is 0. The molecular formula is C22H15F2NO2. The number of benzene rings is 3. The molecule has 1 N–H and O–H groups in total. The number of fused-ring (bicyclic) bond motifs is 1. The molecule has 4 rings (SSSR count). The van der Waals surface area contributed by atoms with Gasteiger partial charge in [0, 0.05) is 11.5 Å². The van der Waals surface area contributed by atoms with Crippen LogP contribution < -0.4 is 5.32 Å². The van der Waals surface area contributed by atoms with Crippen LogP contribution in [0.3, 0.4) is 0 Å². The van der Waals surface area contributed by atoms with Crippen molar-refractivity contribution in [1.82, 2.24) is 5.32 Å². The van der Waals surface area contributed by atoms with Gasteiger partial charge in [-0.25, -0.2) is 8.78 Å². The molecule has 0 aliphatic heterocycles. The quantitative estimate of drug-likeness (QED) is 0.539. The minimum Gasteiger partial charge on any atom is -0.459 e. The van der Waals surface area contributed by atoms with Gasteiger partial charge in [0.2, 0.25) is 0 Å². The van der Waals surface area contributed by atoms with Crippen molar-refractivity contribution in [3.05, 3.63) is 107 Å². The molecular weight excluding hydrogens is 348 g/mol. The molecule has 1 heterocycles. The summed E-state index contributed by atoms with van der Waals surface area (Å²) in [4.78, 5) is 12.6. The summed E-state index contributed by atoms with van der Waals surface area (Å²) in [5, 5.41) is 3.69. The molecule has 134 valence electrons. The van der Waals surface area contributed by atoms with E-state index in [2.05, 4.69) is 5.32 Å². The summed E-state index contributed by atoms with van der Waals surface area (Å²) < 4.78 is 33.0. The van der Waals surface area contributed by atoms with Gasteiger partial charge in [0.25, 0.3) is 5.91 Å². The smallest absolute Gasteiger partial charge is 0.255 e. The second kappa shape index (κ2) is 7.03. The molecule has 1 aromatic heterocycles. The average Bonchev–Trinajstić information content (AvgIpc) is 3.10. The maximum Gasteiger partial charge on any atom is 0.255 e. The zero-order valence-corrected chi connectivity index (χ0v) is 14.2. The number of nitrogens with one attached hydrogen (secondary N) is 1. The lowest BCUT2D eigenvalue weighted by Crippen LogP contribution is -2.29. The second-order valence-electron chi connectivity index (χ2n) is 6.13. The normalized spacial score (nSPS) is 12.1. The summed E-state index contributed by atoms with van der Waals surface area (Å²) >= 11 is 0. The van der Waals surface area contributed by atoms with E-state index in [-0.39, 0.29) is 5.56 Å². The predicted molar refractivity (Wildman–Crippen MR) is 98.3 cm³/mol. The Kier molecular flexibility index (Phi) is 4.42. The van der Waals surface area contributed by atoms with Crippen molar-refractivity contribution in [3.63, 3.8) is 0 Å². The van der Waals surface area contributed by atoms with Crippen molar-refractivity contribution in [2.45, 2.75) is 6.04 Å². The van der Waals surface area contributed by atoms with E-state index in [0.29, 0.717) is 17.4 Å². The first-order chi connectivity index (χ1) is 13.1. The summed E-state index contributed by atoms with van der Waals surface area (Å²) in [5.74, 6) is -1.77. The van der Waals surface area contributed by atoms with Crippen molar-refractivity contribution < 1.29 is 18.0 Å². The molecule has 1 atom stereocenters. The lowest BCUT2D eigenvalue weighted by atomic mass is 10.0. The number of hydrogen-bond donors (Lipinski definition) is 1.